The number of nitrogens with zero attached hydrogens (tertiary/aromatic N) is 1. The lowest BCUT2D eigenvalue weighted by atomic mass is 9.98. The van der Waals surface area contributed by atoms with Crippen molar-refractivity contribution in [2.75, 3.05) is 0 Å². The Labute approximate surface area is 180 Å². The molecule has 6 aromatic rings. The summed E-state index contributed by atoms with van der Waals surface area (Å²) in [5.74, 6) is 0.902. The number of para-hydroxylation sites is 2. The molecule has 0 saturated heterocycles. The van der Waals surface area contributed by atoms with E-state index in [1.165, 1.54) is 33.0 Å². The maximum absolute atomic E-state index is 4.70. The van der Waals surface area contributed by atoms with E-state index in [4.69, 9.17) is 4.98 Å². The van der Waals surface area contributed by atoms with Crippen molar-refractivity contribution in [3.8, 4) is 33.6 Å². The molecule has 0 unspecified atom stereocenters. The van der Waals surface area contributed by atoms with Gasteiger partial charge >= 0.3 is 0 Å². The Balaban J connectivity index is 1.28. The summed E-state index contributed by atoms with van der Waals surface area (Å²) < 4.78 is 0. The van der Waals surface area contributed by atoms with Gasteiger partial charge in [0, 0.05) is 5.56 Å². The van der Waals surface area contributed by atoms with E-state index in [-0.39, 0.29) is 0 Å². The van der Waals surface area contributed by atoms with Crippen LogP contribution in [0.3, 0.4) is 0 Å². The van der Waals surface area contributed by atoms with Crippen LogP contribution in [0.4, 0.5) is 0 Å². The van der Waals surface area contributed by atoms with E-state index in [9.17, 15) is 0 Å². The Hall–Kier alpha value is -4.17. The summed E-state index contributed by atoms with van der Waals surface area (Å²) in [7, 11) is 0. The summed E-state index contributed by atoms with van der Waals surface area (Å²) in [6, 6.07) is 40.6. The number of aromatic amines is 1. The fourth-order valence-electron chi connectivity index (χ4n) is 4.13. The minimum Gasteiger partial charge on any atom is -0.338 e. The second-order valence-electron chi connectivity index (χ2n) is 7.82. The second kappa shape index (κ2) is 7.26. The molecule has 0 aliphatic heterocycles. The summed E-state index contributed by atoms with van der Waals surface area (Å²) in [4.78, 5) is 8.09. The largest absolute Gasteiger partial charge is 0.338 e. The molecular weight excluding hydrogens is 376 g/mol. The number of H-pyrrole nitrogens is 1. The lowest BCUT2D eigenvalue weighted by Gasteiger charge is -2.07. The van der Waals surface area contributed by atoms with Gasteiger partial charge in [-0.25, -0.2) is 4.98 Å². The Morgan fingerprint density at radius 3 is 1.71 bits per heavy atom. The average molecular weight is 396 g/mol. The molecule has 0 aliphatic carbocycles. The molecule has 2 heteroatoms. The molecule has 0 bridgehead atoms. The van der Waals surface area contributed by atoms with Crippen LogP contribution in [0, 0.1) is 0 Å². The molecule has 31 heavy (non-hydrogen) atoms. The number of fused-ring (bicyclic) bond motifs is 2. The van der Waals surface area contributed by atoms with Crippen molar-refractivity contribution < 1.29 is 0 Å². The predicted octanol–water partition coefficient (Wildman–Crippen LogP) is 7.72. The highest BCUT2D eigenvalue weighted by Crippen LogP contribution is 2.29. The van der Waals surface area contributed by atoms with Gasteiger partial charge < -0.3 is 4.98 Å². The van der Waals surface area contributed by atoms with E-state index in [1.807, 2.05) is 18.2 Å². The SMILES string of the molecule is c1ccc2cc(-c3ccc(-c4ccc(-c5nc6ccccc6[nH]5)cc4)cc3)ccc2c1. The molecule has 1 heterocycles. The quantitative estimate of drug-likeness (QED) is 0.326. The highest BCUT2D eigenvalue weighted by atomic mass is 14.9. The van der Waals surface area contributed by atoms with E-state index in [1.54, 1.807) is 0 Å². The zero-order valence-electron chi connectivity index (χ0n) is 16.9. The molecule has 5 aromatic carbocycles. The molecule has 0 fully saturated rings. The molecule has 1 N–H and O–H groups in total. The smallest absolute Gasteiger partial charge is 0.138 e. The number of nitrogens with one attached hydrogen (secondary N) is 1. The second-order valence-corrected chi connectivity index (χ2v) is 7.82. The summed E-state index contributed by atoms with van der Waals surface area (Å²) in [6.45, 7) is 0. The molecule has 0 amide bonds. The van der Waals surface area contributed by atoms with Crippen molar-refractivity contribution in [1.82, 2.24) is 9.97 Å². The predicted molar refractivity (Wildman–Crippen MR) is 130 cm³/mol. The lowest BCUT2D eigenvalue weighted by molar-refractivity contribution is 1.34. The molecule has 6 rings (SSSR count). The molecule has 0 spiro atoms. The molecule has 0 aliphatic rings. The monoisotopic (exact) mass is 396 g/mol. The van der Waals surface area contributed by atoms with Crippen LogP contribution in [0.2, 0.25) is 0 Å². The van der Waals surface area contributed by atoms with Crippen LogP contribution in [0.15, 0.2) is 115 Å². The first-order chi connectivity index (χ1) is 15.3. The Morgan fingerprint density at radius 1 is 0.452 bits per heavy atom. The van der Waals surface area contributed by atoms with Crippen molar-refractivity contribution in [3.05, 3.63) is 115 Å². The van der Waals surface area contributed by atoms with Crippen molar-refractivity contribution in [2.24, 2.45) is 0 Å². The maximum atomic E-state index is 4.70. The molecule has 2 nitrogen and oxygen atoms in total. The Morgan fingerprint density at radius 2 is 1.00 bits per heavy atom. The fraction of sp³-hybridized carbons (Fsp3) is 0. The van der Waals surface area contributed by atoms with Gasteiger partial charge in [0.15, 0.2) is 0 Å². The highest BCUT2D eigenvalue weighted by Gasteiger charge is 2.06. The van der Waals surface area contributed by atoms with Crippen molar-refractivity contribution in [2.45, 2.75) is 0 Å². The fourth-order valence-corrected chi connectivity index (χ4v) is 4.13. The molecule has 0 radical (unpaired) electrons. The van der Waals surface area contributed by atoms with Crippen LogP contribution in [-0.2, 0) is 0 Å². The van der Waals surface area contributed by atoms with Crippen molar-refractivity contribution in [3.63, 3.8) is 0 Å². The third kappa shape index (κ3) is 3.28. The van der Waals surface area contributed by atoms with Crippen LogP contribution >= 0.6 is 0 Å². The molecule has 0 atom stereocenters. The zero-order valence-corrected chi connectivity index (χ0v) is 16.9. The summed E-state index contributed by atoms with van der Waals surface area (Å²) in [5, 5.41) is 2.54. The third-order valence-electron chi connectivity index (χ3n) is 5.85. The van der Waals surface area contributed by atoms with Crippen molar-refractivity contribution in [1.29, 1.82) is 0 Å². The van der Waals surface area contributed by atoms with Crippen LogP contribution in [0.1, 0.15) is 0 Å². The van der Waals surface area contributed by atoms with Crippen LogP contribution in [0.25, 0.3) is 55.4 Å². The van der Waals surface area contributed by atoms with Gasteiger partial charge in [-0.15, -0.1) is 0 Å². The number of hydrogen-bond donors (Lipinski definition) is 1. The van der Waals surface area contributed by atoms with Gasteiger partial charge in [-0.1, -0.05) is 97.1 Å². The molecular formula is C29H20N2. The number of aromatic nitrogens is 2. The zero-order chi connectivity index (χ0) is 20.6. The molecule has 1 aromatic heterocycles. The van der Waals surface area contributed by atoms with Gasteiger partial charge in [-0.05, 0) is 51.2 Å². The topological polar surface area (TPSA) is 28.7 Å². The van der Waals surface area contributed by atoms with Gasteiger partial charge in [-0.3, -0.25) is 0 Å². The Kier molecular flexibility index (Phi) is 4.14. The van der Waals surface area contributed by atoms with E-state index in [0.29, 0.717) is 0 Å². The van der Waals surface area contributed by atoms with Crippen LogP contribution in [0.5, 0.6) is 0 Å². The average Bonchev–Trinajstić information content (AvgIpc) is 3.28. The minimum absolute atomic E-state index is 0.902. The number of hydrogen-bond acceptors (Lipinski definition) is 1. The van der Waals surface area contributed by atoms with Gasteiger partial charge in [0.05, 0.1) is 11.0 Å². The van der Waals surface area contributed by atoms with Crippen LogP contribution in [-0.4, -0.2) is 9.97 Å². The third-order valence-corrected chi connectivity index (χ3v) is 5.85. The van der Waals surface area contributed by atoms with Crippen molar-refractivity contribution >= 4 is 21.8 Å². The first kappa shape index (κ1) is 17.7. The van der Waals surface area contributed by atoms with E-state index in [0.717, 1.165) is 22.4 Å². The first-order valence-corrected chi connectivity index (χ1v) is 10.5. The number of benzene rings is 5. The summed E-state index contributed by atoms with van der Waals surface area (Å²) in [5.41, 5.74) is 8.02. The molecule has 0 saturated carbocycles. The lowest BCUT2D eigenvalue weighted by Crippen LogP contribution is -1.83. The maximum Gasteiger partial charge on any atom is 0.138 e. The standard InChI is InChI=1S/C29H20N2/c1-2-6-25-19-26(18-15-20(25)5-1)23-11-9-21(10-12-23)22-13-16-24(17-14-22)29-30-27-7-3-4-8-28(27)31-29/h1-19H,(H,30,31). The normalized spacial score (nSPS) is 11.2. The number of rotatable bonds is 3. The van der Waals surface area contributed by atoms with Gasteiger partial charge in [0.1, 0.15) is 5.82 Å². The van der Waals surface area contributed by atoms with Gasteiger partial charge in [0.2, 0.25) is 0 Å². The summed E-state index contributed by atoms with van der Waals surface area (Å²) in [6.07, 6.45) is 0. The van der Waals surface area contributed by atoms with E-state index in [2.05, 4.69) is 102 Å². The van der Waals surface area contributed by atoms with E-state index >= 15 is 0 Å². The number of imidazole rings is 1. The first-order valence-electron chi connectivity index (χ1n) is 10.5. The Bertz CT molecular complexity index is 1470. The minimum atomic E-state index is 0.902. The molecule has 146 valence electrons. The van der Waals surface area contributed by atoms with E-state index < -0.39 is 0 Å². The van der Waals surface area contributed by atoms with Crippen LogP contribution < -0.4 is 0 Å². The highest BCUT2D eigenvalue weighted by molar-refractivity contribution is 5.87. The summed E-state index contributed by atoms with van der Waals surface area (Å²) >= 11 is 0. The van der Waals surface area contributed by atoms with Gasteiger partial charge in [0.25, 0.3) is 0 Å². The van der Waals surface area contributed by atoms with Gasteiger partial charge in [-0.2, -0.15) is 0 Å².